The van der Waals surface area contributed by atoms with Gasteiger partial charge in [-0.2, -0.15) is 0 Å². The lowest BCUT2D eigenvalue weighted by Gasteiger charge is -2.02. The Morgan fingerprint density at radius 3 is 2.68 bits per heavy atom. The van der Waals surface area contributed by atoms with E-state index in [-0.39, 0.29) is 0 Å². The molecular weight excluding hydrogens is 256 g/mol. The number of nitrogens with zero attached hydrogens (tertiary/aromatic N) is 2. The predicted octanol–water partition coefficient (Wildman–Crippen LogP) is 3.97. The summed E-state index contributed by atoms with van der Waals surface area (Å²) in [5.74, 6) is 0.479. The summed E-state index contributed by atoms with van der Waals surface area (Å²) < 4.78 is 2.08. The molecular formula is C16H15ClN2. The van der Waals surface area contributed by atoms with Crippen LogP contribution in [0.15, 0.2) is 48.7 Å². The van der Waals surface area contributed by atoms with Crippen LogP contribution in [0, 0.1) is 6.92 Å². The van der Waals surface area contributed by atoms with E-state index in [0.717, 1.165) is 23.5 Å². The first-order chi connectivity index (χ1) is 9.28. The van der Waals surface area contributed by atoms with E-state index >= 15 is 0 Å². The number of benzene rings is 1. The van der Waals surface area contributed by atoms with Gasteiger partial charge in [0.15, 0.2) is 0 Å². The summed E-state index contributed by atoms with van der Waals surface area (Å²) in [5.41, 5.74) is 5.59. The van der Waals surface area contributed by atoms with Gasteiger partial charge in [-0.15, -0.1) is 11.6 Å². The van der Waals surface area contributed by atoms with Crippen LogP contribution in [0.5, 0.6) is 0 Å². The van der Waals surface area contributed by atoms with Gasteiger partial charge in [0.05, 0.1) is 17.3 Å². The summed E-state index contributed by atoms with van der Waals surface area (Å²) in [6.45, 7) is 2.08. The van der Waals surface area contributed by atoms with E-state index in [0.29, 0.717) is 5.88 Å². The molecule has 0 aliphatic carbocycles. The molecule has 96 valence electrons. The highest BCUT2D eigenvalue weighted by molar-refractivity contribution is 6.17. The van der Waals surface area contributed by atoms with Gasteiger partial charge in [-0.3, -0.25) is 0 Å². The summed E-state index contributed by atoms with van der Waals surface area (Å²) in [5, 5.41) is 0. The highest BCUT2D eigenvalue weighted by Crippen LogP contribution is 2.19. The van der Waals surface area contributed by atoms with Gasteiger partial charge in [-0.25, -0.2) is 4.98 Å². The normalized spacial score (nSPS) is 11.1. The number of hydrogen-bond donors (Lipinski definition) is 0. The van der Waals surface area contributed by atoms with Crippen molar-refractivity contribution in [3.05, 3.63) is 71.2 Å². The average Bonchev–Trinajstić information content (AvgIpc) is 2.76. The minimum absolute atomic E-state index is 0.479. The Hall–Kier alpha value is -1.80. The maximum Gasteiger partial charge on any atom is 0.137 e. The molecule has 0 N–H and O–H groups in total. The Labute approximate surface area is 117 Å². The predicted molar refractivity (Wildman–Crippen MR) is 78.7 cm³/mol. The van der Waals surface area contributed by atoms with Crippen LogP contribution in [0.2, 0.25) is 0 Å². The molecule has 0 saturated carbocycles. The van der Waals surface area contributed by atoms with E-state index in [1.165, 1.54) is 11.1 Å². The smallest absolute Gasteiger partial charge is 0.137 e. The van der Waals surface area contributed by atoms with Gasteiger partial charge in [0.1, 0.15) is 5.65 Å². The lowest BCUT2D eigenvalue weighted by molar-refractivity contribution is 1.03. The Kier molecular flexibility index (Phi) is 3.26. The first kappa shape index (κ1) is 12.2. The van der Waals surface area contributed by atoms with Crippen LogP contribution in [0.25, 0.3) is 5.65 Å². The van der Waals surface area contributed by atoms with Crippen molar-refractivity contribution in [2.75, 3.05) is 0 Å². The largest absolute Gasteiger partial charge is 0.303 e. The van der Waals surface area contributed by atoms with Gasteiger partial charge < -0.3 is 4.40 Å². The number of rotatable bonds is 3. The Morgan fingerprint density at radius 2 is 1.95 bits per heavy atom. The van der Waals surface area contributed by atoms with Crippen LogP contribution in [-0.2, 0) is 12.3 Å². The van der Waals surface area contributed by atoms with Crippen LogP contribution in [0.3, 0.4) is 0 Å². The molecule has 0 amide bonds. The Morgan fingerprint density at radius 1 is 1.16 bits per heavy atom. The molecule has 2 aromatic heterocycles. The molecule has 0 unspecified atom stereocenters. The van der Waals surface area contributed by atoms with E-state index in [9.17, 15) is 0 Å². The van der Waals surface area contributed by atoms with E-state index in [1.54, 1.807) is 0 Å². The Bertz CT molecular complexity index is 701. The van der Waals surface area contributed by atoms with Crippen LogP contribution >= 0.6 is 11.6 Å². The van der Waals surface area contributed by atoms with Gasteiger partial charge in [0.2, 0.25) is 0 Å². The topological polar surface area (TPSA) is 17.3 Å². The fraction of sp³-hybridized carbons (Fsp3) is 0.188. The molecule has 3 heteroatoms. The second kappa shape index (κ2) is 5.06. The third-order valence-electron chi connectivity index (χ3n) is 3.30. The maximum atomic E-state index is 6.10. The number of pyridine rings is 1. The quantitative estimate of drug-likeness (QED) is 0.658. The monoisotopic (exact) mass is 270 g/mol. The van der Waals surface area contributed by atoms with E-state index in [1.807, 2.05) is 12.3 Å². The van der Waals surface area contributed by atoms with Gasteiger partial charge in [0.25, 0.3) is 0 Å². The maximum absolute atomic E-state index is 6.10. The minimum Gasteiger partial charge on any atom is -0.303 e. The lowest BCUT2D eigenvalue weighted by Crippen LogP contribution is -1.95. The molecule has 3 rings (SSSR count). The third kappa shape index (κ3) is 2.36. The third-order valence-corrected chi connectivity index (χ3v) is 3.56. The van der Waals surface area contributed by atoms with Crippen molar-refractivity contribution in [2.24, 2.45) is 0 Å². The summed E-state index contributed by atoms with van der Waals surface area (Å²) in [4.78, 5) is 4.72. The second-order valence-corrected chi connectivity index (χ2v) is 5.00. The molecule has 2 heterocycles. The molecule has 3 aromatic rings. The number of aromatic nitrogens is 2. The number of alkyl halides is 1. The average molecular weight is 271 g/mol. The lowest BCUT2D eigenvalue weighted by atomic mass is 10.1. The number of aryl methyl sites for hydroxylation is 1. The van der Waals surface area contributed by atoms with Crippen molar-refractivity contribution in [2.45, 2.75) is 19.2 Å². The molecule has 0 atom stereocenters. The highest BCUT2D eigenvalue weighted by Gasteiger charge is 2.11. The molecule has 0 aliphatic rings. The summed E-state index contributed by atoms with van der Waals surface area (Å²) in [7, 11) is 0. The first-order valence-electron chi connectivity index (χ1n) is 6.34. The SMILES string of the molecule is Cc1ccn2c(CCl)c(Cc3ccccc3)nc2c1. The molecule has 0 saturated heterocycles. The van der Waals surface area contributed by atoms with Gasteiger partial charge in [-0.1, -0.05) is 30.3 Å². The summed E-state index contributed by atoms with van der Waals surface area (Å²) >= 11 is 6.10. The number of halogens is 1. The number of hydrogen-bond acceptors (Lipinski definition) is 1. The molecule has 1 aromatic carbocycles. The highest BCUT2D eigenvalue weighted by atomic mass is 35.5. The first-order valence-corrected chi connectivity index (χ1v) is 6.88. The standard InChI is InChI=1S/C16H15ClN2/c1-12-7-8-19-15(11-17)14(18-16(19)9-12)10-13-5-3-2-4-6-13/h2-9H,10-11H2,1H3. The van der Waals surface area contributed by atoms with Gasteiger partial charge >= 0.3 is 0 Å². The summed E-state index contributed by atoms with van der Waals surface area (Å²) in [6.07, 6.45) is 2.87. The van der Waals surface area contributed by atoms with Crippen LogP contribution in [0.1, 0.15) is 22.5 Å². The van der Waals surface area contributed by atoms with Crippen molar-refractivity contribution >= 4 is 17.2 Å². The molecule has 0 aliphatic heterocycles. The van der Waals surface area contributed by atoms with Crippen molar-refractivity contribution in [1.29, 1.82) is 0 Å². The number of imidazole rings is 1. The van der Waals surface area contributed by atoms with Crippen LogP contribution in [-0.4, -0.2) is 9.38 Å². The fourth-order valence-electron chi connectivity index (χ4n) is 2.32. The fourth-order valence-corrected chi connectivity index (χ4v) is 2.60. The van der Waals surface area contributed by atoms with E-state index in [4.69, 9.17) is 16.6 Å². The van der Waals surface area contributed by atoms with Crippen LogP contribution in [0.4, 0.5) is 0 Å². The zero-order chi connectivity index (χ0) is 13.2. The molecule has 19 heavy (non-hydrogen) atoms. The molecule has 2 nitrogen and oxygen atoms in total. The molecule has 0 radical (unpaired) electrons. The van der Waals surface area contributed by atoms with Crippen molar-refractivity contribution < 1.29 is 0 Å². The van der Waals surface area contributed by atoms with Crippen LogP contribution < -0.4 is 0 Å². The minimum atomic E-state index is 0.479. The molecule has 0 fully saturated rings. The summed E-state index contributed by atoms with van der Waals surface area (Å²) in [6, 6.07) is 14.5. The molecule has 0 bridgehead atoms. The van der Waals surface area contributed by atoms with Gasteiger partial charge in [0, 0.05) is 12.6 Å². The zero-order valence-corrected chi connectivity index (χ0v) is 11.6. The van der Waals surface area contributed by atoms with E-state index < -0.39 is 0 Å². The number of fused-ring (bicyclic) bond motifs is 1. The second-order valence-electron chi connectivity index (χ2n) is 4.73. The zero-order valence-electron chi connectivity index (χ0n) is 10.8. The van der Waals surface area contributed by atoms with E-state index in [2.05, 4.69) is 47.7 Å². The van der Waals surface area contributed by atoms with Gasteiger partial charge in [-0.05, 0) is 30.2 Å². The van der Waals surface area contributed by atoms with Crippen molar-refractivity contribution in [3.8, 4) is 0 Å². The van der Waals surface area contributed by atoms with Crippen molar-refractivity contribution in [3.63, 3.8) is 0 Å². The Balaban J connectivity index is 2.08. The molecule has 0 spiro atoms. The van der Waals surface area contributed by atoms with Crippen molar-refractivity contribution in [1.82, 2.24) is 9.38 Å².